The molecule has 0 radical (unpaired) electrons. The van der Waals surface area contributed by atoms with Crippen molar-refractivity contribution in [1.29, 1.82) is 0 Å². The summed E-state index contributed by atoms with van der Waals surface area (Å²) in [4.78, 5) is 0. The van der Waals surface area contributed by atoms with E-state index in [4.69, 9.17) is 10.8 Å². The van der Waals surface area contributed by atoms with Crippen LogP contribution in [0.5, 0.6) is 0 Å². The molecule has 13 heavy (non-hydrogen) atoms. The van der Waals surface area contributed by atoms with Crippen molar-refractivity contribution < 1.29 is 5.11 Å². The molecule has 1 aromatic rings. The van der Waals surface area contributed by atoms with Gasteiger partial charge in [-0.15, -0.1) is 0 Å². The lowest BCUT2D eigenvalue weighted by molar-refractivity contribution is 0.281. The zero-order valence-electron chi connectivity index (χ0n) is 7.61. The van der Waals surface area contributed by atoms with Gasteiger partial charge >= 0.3 is 0 Å². The van der Waals surface area contributed by atoms with Gasteiger partial charge in [0.25, 0.3) is 0 Å². The number of hydrogen-bond acceptors (Lipinski definition) is 2. The number of benzene rings is 1. The van der Waals surface area contributed by atoms with E-state index in [1.54, 1.807) is 0 Å². The summed E-state index contributed by atoms with van der Waals surface area (Å²) in [6.45, 7) is 0.751. The van der Waals surface area contributed by atoms with E-state index in [1.807, 2.05) is 36.4 Å². The molecular formula is C11H15NO. The lowest BCUT2D eigenvalue weighted by Gasteiger charge is -2.00. The van der Waals surface area contributed by atoms with Gasteiger partial charge < -0.3 is 10.8 Å². The Bertz CT molecular complexity index is 281. The molecule has 0 atom stereocenters. The van der Waals surface area contributed by atoms with Crippen LogP contribution in [-0.2, 0) is 6.61 Å². The first-order valence-electron chi connectivity index (χ1n) is 4.44. The lowest BCUT2D eigenvalue weighted by atomic mass is 10.1. The minimum Gasteiger partial charge on any atom is -0.392 e. The molecule has 70 valence electrons. The van der Waals surface area contributed by atoms with Crippen molar-refractivity contribution in [3.05, 3.63) is 41.5 Å². The van der Waals surface area contributed by atoms with Gasteiger partial charge in [-0.1, -0.05) is 36.4 Å². The zero-order chi connectivity index (χ0) is 9.52. The second-order valence-corrected chi connectivity index (χ2v) is 2.84. The molecule has 0 aliphatic carbocycles. The second kappa shape index (κ2) is 5.51. The van der Waals surface area contributed by atoms with Crippen molar-refractivity contribution in [2.45, 2.75) is 13.0 Å². The fourth-order valence-corrected chi connectivity index (χ4v) is 1.15. The third-order valence-electron chi connectivity index (χ3n) is 1.86. The Morgan fingerprint density at radius 3 is 2.77 bits per heavy atom. The highest BCUT2D eigenvalue weighted by Gasteiger charge is 1.94. The predicted octanol–water partition coefficient (Wildman–Crippen LogP) is 1.54. The van der Waals surface area contributed by atoms with Crippen LogP contribution in [0.2, 0.25) is 0 Å². The molecule has 0 aliphatic rings. The van der Waals surface area contributed by atoms with E-state index in [1.165, 1.54) is 0 Å². The zero-order valence-corrected chi connectivity index (χ0v) is 7.61. The van der Waals surface area contributed by atoms with E-state index in [0.717, 1.165) is 17.5 Å². The van der Waals surface area contributed by atoms with Crippen LogP contribution in [0.25, 0.3) is 6.08 Å². The van der Waals surface area contributed by atoms with E-state index in [0.29, 0.717) is 6.54 Å². The SMILES string of the molecule is NCCC=Cc1ccccc1CO. The third kappa shape index (κ3) is 3.01. The molecule has 0 aromatic heterocycles. The summed E-state index contributed by atoms with van der Waals surface area (Å²) in [5, 5.41) is 9.02. The molecule has 1 aromatic carbocycles. The molecule has 0 unspecified atom stereocenters. The van der Waals surface area contributed by atoms with Gasteiger partial charge in [0.2, 0.25) is 0 Å². The molecule has 3 N–H and O–H groups in total. The Kier molecular flexibility index (Phi) is 4.23. The average Bonchev–Trinajstić information content (AvgIpc) is 2.19. The summed E-state index contributed by atoms with van der Waals surface area (Å²) in [5.41, 5.74) is 7.39. The smallest absolute Gasteiger partial charge is 0.0687 e. The fourth-order valence-electron chi connectivity index (χ4n) is 1.15. The summed E-state index contributed by atoms with van der Waals surface area (Å²) in [6.07, 6.45) is 4.90. The van der Waals surface area contributed by atoms with Crippen LogP contribution in [0.3, 0.4) is 0 Å². The van der Waals surface area contributed by atoms with Crippen molar-refractivity contribution in [2.75, 3.05) is 6.54 Å². The van der Waals surface area contributed by atoms with Crippen LogP contribution >= 0.6 is 0 Å². The first-order valence-corrected chi connectivity index (χ1v) is 4.44. The maximum absolute atomic E-state index is 9.02. The molecule has 2 heteroatoms. The average molecular weight is 177 g/mol. The molecule has 0 aliphatic heterocycles. The first kappa shape index (κ1) is 9.96. The van der Waals surface area contributed by atoms with Crippen molar-refractivity contribution in [3.8, 4) is 0 Å². The second-order valence-electron chi connectivity index (χ2n) is 2.84. The highest BCUT2D eigenvalue weighted by atomic mass is 16.3. The van der Waals surface area contributed by atoms with E-state index < -0.39 is 0 Å². The Morgan fingerprint density at radius 1 is 1.31 bits per heavy atom. The van der Waals surface area contributed by atoms with Gasteiger partial charge in [-0.25, -0.2) is 0 Å². The number of hydrogen-bond donors (Lipinski definition) is 2. The Balaban J connectivity index is 2.74. The Labute approximate surface area is 78.7 Å². The summed E-state index contributed by atoms with van der Waals surface area (Å²) in [7, 11) is 0. The van der Waals surface area contributed by atoms with Gasteiger partial charge in [-0.05, 0) is 24.1 Å². The van der Waals surface area contributed by atoms with E-state index in [2.05, 4.69) is 0 Å². The minimum atomic E-state index is 0.0864. The minimum absolute atomic E-state index is 0.0864. The van der Waals surface area contributed by atoms with Gasteiger partial charge in [0.15, 0.2) is 0 Å². The van der Waals surface area contributed by atoms with Crippen LogP contribution in [0.15, 0.2) is 30.3 Å². The molecule has 0 bridgehead atoms. The highest BCUT2D eigenvalue weighted by Crippen LogP contribution is 2.10. The number of aliphatic hydroxyl groups excluding tert-OH is 1. The van der Waals surface area contributed by atoms with Crippen molar-refractivity contribution in [2.24, 2.45) is 5.73 Å². The lowest BCUT2D eigenvalue weighted by Crippen LogP contribution is -1.95. The van der Waals surface area contributed by atoms with Crippen molar-refractivity contribution in [3.63, 3.8) is 0 Å². The van der Waals surface area contributed by atoms with Gasteiger partial charge in [0.05, 0.1) is 6.61 Å². The molecule has 0 saturated heterocycles. The topological polar surface area (TPSA) is 46.2 Å². The summed E-state index contributed by atoms with van der Waals surface area (Å²) in [6, 6.07) is 7.79. The normalized spacial score (nSPS) is 10.9. The number of nitrogens with two attached hydrogens (primary N) is 1. The first-order chi connectivity index (χ1) is 6.38. The van der Waals surface area contributed by atoms with E-state index in [-0.39, 0.29) is 6.61 Å². The van der Waals surface area contributed by atoms with Gasteiger partial charge in [0.1, 0.15) is 0 Å². The molecule has 2 nitrogen and oxygen atoms in total. The molecule has 1 rings (SSSR count). The Hall–Kier alpha value is -1.12. The van der Waals surface area contributed by atoms with Crippen molar-refractivity contribution >= 4 is 6.08 Å². The third-order valence-corrected chi connectivity index (χ3v) is 1.86. The molecule has 0 spiro atoms. The van der Waals surface area contributed by atoms with Gasteiger partial charge in [-0.3, -0.25) is 0 Å². The number of rotatable bonds is 4. The molecule has 0 amide bonds. The molecule has 0 fully saturated rings. The van der Waals surface area contributed by atoms with Crippen LogP contribution in [-0.4, -0.2) is 11.7 Å². The standard InChI is InChI=1S/C11H15NO/c12-8-4-3-6-10-5-1-2-7-11(10)9-13/h1-3,5-7,13H,4,8-9,12H2. The Morgan fingerprint density at radius 2 is 2.08 bits per heavy atom. The highest BCUT2D eigenvalue weighted by molar-refractivity contribution is 5.53. The van der Waals surface area contributed by atoms with Crippen LogP contribution in [0.1, 0.15) is 17.5 Å². The predicted molar refractivity (Wildman–Crippen MR) is 55.1 cm³/mol. The van der Waals surface area contributed by atoms with Gasteiger partial charge in [0, 0.05) is 0 Å². The van der Waals surface area contributed by atoms with Crippen LogP contribution in [0.4, 0.5) is 0 Å². The van der Waals surface area contributed by atoms with Crippen LogP contribution < -0.4 is 5.73 Å². The maximum atomic E-state index is 9.02. The largest absolute Gasteiger partial charge is 0.392 e. The van der Waals surface area contributed by atoms with Crippen LogP contribution in [0, 0.1) is 0 Å². The van der Waals surface area contributed by atoms with E-state index >= 15 is 0 Å². The monoisotopic (exact) mass is 177 g/mol. The molecular weight excluding hydrogens is 162 g/mol. The fraction of sp³-hybridized carbons (Fsp3) is 0.273. The number of aliphatic hydroxyl groups is 1. The van der Waals surface area contributed by atoms with Crippen molar-refractivity contribution in [1.82, 2.24) is 0 Å². The maximum Gasteiger partial charge on any atom is 0.0687 e. The van der Waals surface area contributed by atoms with E-state index in [9.17, 15) is 0 Å². The summed E-state index contributed by atoms with van der Waals surface area (Å²) in [5.74, 6) is 0. The summed E-state index contributed by atoms with van der Waals surface area (Å²) >= 11 is 0. The summed E-state index contributed by atoms with van der Waals surface area (Å²) < 4.78 is 0. The molecule has 0 heterocycles. The molecule has 0 saturated carbocycles. The quantitative estimate of drug-likeness (QED) is 0.732. The van der Waals surface area contributed by atoms with Gasteiger partial charge in [-0.2, -0.15) is 0 Å².